The van der Waals surface area contributed by atoms with Crippen molar-refractivity contribution >= 4 is 27.3 Å². The summed E-state index contributed by atoms with van der Waals surface area (Å²) in [6, 6.07) is 5.23. The highest BCUT2D eigenvalue weighted by Gasteiger charge is 2.19. The second-order valence-electron chi connectivity index (χ2n) is 5.78. The molecule has 0 saturated carbocycles. The highest BCUT2D eigenvalue weighted by molar-refractivity contribution is 9.08. The van der Waals surface area contributed by atoms with Crippen molar-refractivity contribution in [2.24, 2.45) is 5.92 Å². The third kappa shape index (κ3) is 4.19. The monoisotopic (exact) mass is 354 g/mol. The topological polar surface area (TPSA) is 46.4 Å². The van der Waals surface area contributed by atoms with Gasteiger partial charge in [-0.1, -0.05) is 35.7 Å². The molecule has 116 valence electrons. The van der Waals surface area contributed by atoms with Crippen molar-refractivity contribution in [1.82, 2.24) is 0 Å². The van der Waals surface area contributed by atoms with Crippen LogP contribution in [0.2, 0.25) is 0 Å². The molecule has 21 heavy (non-hydrogen) atoms. The van der Waals surface area contributed by atoms with Gasteiger partial charge in [0.25, 0.3) is 5.69 Å². The summed E-state index contributed by atoms with van der Waals surface area (Å²) in [6.45, 7) is 4.36. The average molecular weight is 355 g/mol. The molecule has 0 aromatic heterocycles. The quantitative estimate of drug-likeness (QED) is 0.429. The molecule has 1 atom stereocenters. The largest absolute Gasteiger partial charge is 0.371 e. The molecule has 0 radical (unpaired) electrons. The van der Waals surface area contributed by atoms with Crippen LogP contribution in [0.15, 0.2) is 18.2 Å². The van der Waals surface area contributed by atoms with E-state index in [1.165, 1.54) is 32.1 Å². The lowest BCUT2D eigenvalue weighted by molar-refractivity contribution is -0.384. The predicted molar refractivity (Wildman–Crippen MR) is 90.2 cm³/mol. The highest BCUT2D eigenvalue weighted by atomic mass is 79.9. The number of rotatable bonds is 5. The van der Waals surface area contributed by atoms with E-state index in [1.807, 2.05) is 6.07 Å². The first-order chi connectivity index (χ1) is 10.2. The van der Waals surface area contributed by atoms with Gasteiger partial charge in [-0.2, -0.15) is 0 Å². The Morgan fingerprint density at radius 1 is 1.38 bits per heavy atom. The molecule has 0 spiro atoms. The summed E-state index contributed by atoms with van der Waals surface area (Å²) in [7, 11) is 0. The Kier molecular flexibility index (Phi) is 6.03. The number of alkyl halides is 1. The lowest BCUT2D eigenvalue weighted by atomic mass is 9.96. The fourth-order valence-corrected chi connectivity index (χ4v) is 3.65. The minimum atomic E-state index is -0.324. The maximum Gasteiger partial charge on any atom is 0.269 e. The third-order valence-corrected chi connectivity index (χ3v) is 4.91. The standard InChI is InChI=1S/C16H23BrN2O2/c1-2-4-13-5-3-9-18(10-8-13)16-7-6-15(19(20)21)11-14(16)12-17/h6-7,11,13H,2-5,8-10,12H2,1H3. The molecule has 1 heterocycles. The number of anilines is 1. The number of benzene rings is 1. The molecule has 1 unspecified atom stereocenters. The van der Waals surface area contributed by atoms with Gasteiger partial charge >= 0.3 is 0 Å². The molecule has 1 saturated heterocycles. The maximum absolute atomic E-state index is 10.9. The van der Waals surface area contributed by atoms with Gasteiger partial charge < -0.3 is 4.90 Å². The van der Waals surface area contributed by atoms with Crippen molar-refractivity contribution in [3.05, 3.63) is 33.9 Å². The molecular formula is C16H23BrN2O2. The lowest BCUT2D eigenvalue weighted by Gasteiger charge is -2.25. The molecule has 2 rings (SSSR count). The molecule has 0 N–H and O–H groups in total. The number of nitro benzene ring substituents is 1. The van der Waals surface area contributed by atoms with Crippen molar-refractivity contribution in [2.45, 2.75) is 44.4 Å². The first-order valence-electron chi connectivity index (χ1n) is 7.74. The predicted octanol–water partition coefficient (Wildman–Crippen LogP) is 4.90. The van der Waals surface area contributed by atoms with Gasteiger partial charge in [-0.3, -0.25) is 10.1 Å². The van der Waals surface area contributed by atoms with Crippen LogP contribution in [-0.2, 0) is 5.33 Å². The van der Waals surface area contributed by atoms with Crippen LogP contribution < -0.4 is 4.90 Å². The lowest BCUT2D eigenvalue weighted by Crippen LogP contribution is -2.25. The SMILES string of the molecule is CCCC1CCCN(c2ccc([N+](=O)[O-])cc2CBr)CC1. The highest BCUT2D eigenvalue weighted by Crippen LogP contribution is 2.31. The number of halogens is 1. The molecule has 1 aliphatic rings. The Bertz CT molecular complexity index is 493. The van der Waals surface area contributed by atoms with Crippen LogP contribution in [0.4, 0.5) is 11.4 Å². The van der Waals surface area contributed by atoms with Crippen LogP contribution >= 0.6 is 15.9 Å². The number of non-ortho nitro benzene ring substituents is 1. The van der Waals surface area contributed by atoms with Gasteiger partial charge in [-0.15, -0.1) is 0 Å². The van der Waals surface area contributed by atoms with Crippen LogP contribution in [-0.4, -0.2) is 18.0 Å². The molecule has 5 heteroatoms. The first kappa shape index (κ1) is 16.3. The van der Waals surface area contributed by atoms with Crippen molar-refractivity contribution in [2.75, 3.05) is 18.0 Å². The number of nitro groups is 1. The zero-order valence-electron chi connectivity index (χ0n) is 12.6. The van der Waals surface area contributed by atoms with Gasteiger partial charge in [-0.25, -0.2) is 0 Å². The van der Waals surface area contributed by atoms with Crippen LogP contribution in [0.3, 0.4) is 0 Å². The summed E-state index contributed by atoms with van der Waals surface area (Å²) in [5, 5.41) is 11.6. The van der Waals surface area contributed by atoms with E-state index in [4.69, 9.17) is 0 Å². The third-order valence-electron chi connectivity index (χ3n) is 4.30. The summed E-state index contributed by atoms with van der Waals surface area (Å²) < 4.78 is 0. The van der Waals surface area contributed by atoms with Crippen molar-refractivity contribution in [3.63, 3.8) is 0 Å². The van der Waals surface area contributed by atoms with E-state index in [0.717, 1.165) is 30.3 Å². The normalized spacial score (nSPS) is 19.3. The fourth-order valence-electron chi connectivity index (χ4n) is 3.20. The van der Waals surface area contributed by atoms with Gasteiger partial charge in [-0.05, 0) is 36.8 Å². The minimum absolute atomic E-state index is 0.173. The second kappa shape index (κ2) is 7.78. The van der Waals surface area contributed by atoms with Crippen LogP contribution in [0, 0.1) is 16.0 Å². The number of nitrogens with zero attached hydrogens (tertiary/aromatic N) is 2. The Morgan fingerprint density at radius 3 is 2.86 bits per heavy atom. The van der Waals surface area contributed by atoms with Gasteiger partial charge in [0.2, 0.25) is 0 Å². The van der Waals surface area contributed by atoms with E-state index in [0.29, 0.717) is 5.33 Å². The fraction of sp³-hybridized carbons (Fsp3) is 0.625. The molecule has 0 aliphatic carbocycles. The van der Waals surface area contributed by atoms with E-state index in [-0.39, 0.29) is 10.6 Å². The number of hydrogen-bond donors (Lipinski definition) is 0. The van der Waals surface area contributed by atoms with E-state index >= 15 is 0 Å². The molecular weight excluding hydrogens is 332 g/mol. The molecule has 1 aliphatic heterocycles. The van der Waals surface area contributed by atoms with E-state index in [9.17, 15) is 10.1 Å². The summed E-state index contributed by atoms with van der Waals surface area (Å²) in [5.41, 5.74) is 2.33. The zero-order valence-corrected chi connectivity index (χ0v) is 14.1. The summed E-state index contributed by atoms with van der Waals surface area (Å²) in [4.78, 5) is 13.0. The van der Waals surface area contributed by atoms with Crippen molar-refractivity contribution < 1.29 is 4.92 Å². The average Bonchev–Trinajstić information content (AvgIpc) is 2.72. The molecule has 1 aromatic rings. The van der Waals surface area contributed by atoms with Gasteiger partial charge in [0.1, 0.15) is 0 Å². The van der Waals surface area contributed by atoms with Gasteiger partial charge in [0.05, 0.1) is 4.92 Å². The van der Waals surface area contributed by atoms with Crippen LogP contribution in [0.1, 0.15) is 44.6 Å². The molecule has 0 bridgehead atoms. The summed E-state index contributed by atoms with van der Waals surface area (Å²) in [5.74, 6) is 0.838. The Hall–Kier alpha value is -1.10. The molecule has 1 aromatic carbocycles. The van der Waals surface area contributed by atoms with E-state index in [2.05, 4.69) is 27.8 Å². The summed E-state index contributed by atoms with van der Waals surface area (Å²) in [6.07, 6.45) is 6.32. The Morgan fingerprint density at radius 2 is 2.19 bits per heavy atom. The second-order valence-corrected chi connectivity index (χ2v) is 6.34. The Balaban J connectivity index is 2.15. The van der Waals surface area contributed by atoms with Crippen LogP contribution in [0.25, 0.3) is 0 Å². The van der Waals surface area contributed by atoms with Crippen molar-refractivity contribution in [3.8, 4) is 0 Å². The first-order valence-corrected chi connectivity index (χ1v) is 8.86. The smallest absolute Gasteiger partial charge is 0.269 e. The maximum atomic E-state index is 10.9. The molecule has 0 amide bonds. The zero-order chi connectivity index (χ0) is 15.2. The number of hydrogen-bond acceptors (Lipinski definition) is 3. The Labute approximate surface area is 134 Å². The summed E-state index contributed by atoms with van der Waals surface area (Å²) >= 11 is 3.47. The van der Waals surface area contributed by atoms with Crippen molar-refractivity contribution in [1.29, 1.82) is 0 Å². The van der Waals surface area contributed by atoms with E-state index < -0.39 is 0 Å². The molecule has 1 fully saturated rings. The minimum Gasteiger partial charge on any atom is -0.371 e. The van der Waals surface area contributed by atoms with Gasteiger partial charge in [0, 0.05) is 36.2 Å². The van der Waals surface area contributed by atoms with E-state index in [1.54, 1.807) is 12.1 Å². The van der Waals surface area contributed by atoms with Gasteiger partial charge in [0.15, 0.2) is 0 Å². The van der Waals surface area contributed by atoms with Crippen LogP contribution in [0.5, 0.6) is 0 Å². The molecule has 4 nitrogen and oxygen atoms in total.